The van der Waals surface area contributed by atoms with Crippen LogP contribution in [0.15, 0.2) is 45.7 Å². The molecule has 0 atom stereocenters. The van der Waals surface area contributed by atoms with Gasteiger partial charge in [-0.3, -0.25) is 14.2 Å². The van der Waals surface area contributed by atoms with E-state index >= 15 is 0 Å². The third-order valence-corrected chi connectivity index (χ3v) is 5.82. The Morgan fingerprint density at radius 2 is 2.11 bits per heavy atom. The molecule has 0 fully saturated rings. The minimum atomic E-state index is -0.101. The summed E-state index contributed by atoms with van der Waals surface area (Å²) in [5, 5.41) is 5.88. The molecule has 0 radical (unpaired) electrons. The third-order valence-electron chi connectivity index (χ3n) is 3.97. The number of aromatic nitrogens is 2. The van der Waals surface area contributed by atoms with Gasteiger partial charge < -0.3 is 10.1 Å². The molecule has 0 bridgehead atoms. The lowest BCUT2D eigenvalue weighted by atomic mass is 10.1. The second-order valence-electron chi connectivity index (χ2n) is 5.78. The fraction of sp³-hybridized carbons (Fsp3) is 0.316. The van der Waals surface area contributed by atoms with Crippen LogP contribution in [0.4, 0.5) is 0 Å². The zero-order valence-corrected chi connectivity index (χ0v) is 16.9. The van der Waals surface area contributed by atoms with Crippen molar-refractivity contribution < 1.29 is 9.53 Å². The second-order valence-corrected chi connectivity index (χ2v) is 7.58. The lowest BCUT2D eigenvalue weighted by molar-refractivity contribution is -0.118. The highest BCUT2D eigenvalue weighted by Gasteiger charge is 2.18. The molecule has 0 aliphatic heterocycles. The largest absolute Gasteiger partial charge is 0.383 e. The molecule has 8 heteroatoms. The van der Waals surface area contributed by atoms with Crippen molar-refractivity contribution in [2.75, 3.05) is 26.0 Å². The van der Waals surface area contributed by atoms with Crippen molar-refractivity contribution in [1.29, 1.82) is 0 Å². The van der Waals surface area contributed by atoms with Crippen LogP contribution in [0.25, 0.3) is 21.3 Å². The van der Waals surface area contributed by atoms with Crippen molar-refractivity contribution in [1.82, 2.24) is 14.9 Å². The molecule has 3 aromatic rings. The number of thioether (sulfide) groups is 1. The normalized spacial score (nSPS) is 11.0. The molecule has 1 aromatic carbocycles. The Morgan fingerprint density at radius 3 is 2.81 bits per heavy atom. The van der Waals surface area contributed by atoms with Crippen LogP contribution in [0.5, 0.6) is 0 Å². The fourth-order valence-corrected chi connectivity index (χ4v) is 4.55. The van der Waals surface area contributed by atoms with Gasteiger partial charge >= 0.3 is 0 Å². The van der Waals surface area contributed by atoms with Gasteiger partial charge in [-0.15, -0.1) is 11.3 Å². The molecule has 2 heterocycles. The number of nitrogens with one attached hydrogen (secondary N) is 1. The molecule has 3 rings (SSSR count). The summed E-state index contributed by atoms with van der Waals surface area (Å²) in [7, 11) is 1.60. The summed E-state index contributed by atoms with van der Waals surface area (Å²) in [6.45, 7) is 3.23. The zero-order valence-electron chi connectivity index (χ0n) is 15.2. The van der Waals surface area contributed by atoms with Crippen LogP contribution in [0.2, 0.25) is 0 Å². The predicted octanol–water partition coefficient (Wildman–Crippen LogP) is 3.00. The van der Waals surface area contributed by atoms with Crippen molar-refractivity contribution in [3.8, 4) is 11.1 Å². The van der Waals surface area contributed by atoms with E-state index < -0.39 is 0 Å². The number of rotatable bonds is 8. The van der Waals surface area contributed by atoms with E-state index in [2.05, 4.69) is 10.3 Å². The van der Waals surface area contributed by atoms with Crippen LogP contribution < -0.4 is 10.9 Å². The van der Waals surface area contributed by atoms with E-state index in [4.69, 9.17) is 4.74 Å². The number of benzene rings is 1. The van der Waals surface area contributed by atoms with E-state index in [1.165, 1.54) is 23.1 Å². The molecule has 27 heavy (non-hydrogen) atoms. The van der Waals surface area contributed by atoms with Crippen molar-refractivity contribution in [3.05, 3.63) is 46.1 Å². The highest BCUT2D eigenvalue weighted by molar-refractivity contribution is 7.99. The van der Waals surface area contributed by atoms with Gasteiger partial charge in [0.15, 0.2) is 5.16 Å². The van der Waals surface area contributed by atoms with E-state index in [1.54, 1.807) is 11.7 Å². The highest BCUT2D eigenvalue weighted by atomic mass is 32.2. The average molecular weight is 404 g/mol. The van der Waals surface area contributed by atoms with E-state index in [9.17, 15) is 9.59 Å². The third kappa shape index (κ3) is 4.40. The minimum absolute atomic E-state index is 0.0775. The summed E-state index contributed by atoms with van der Waals surface area (Å²) in [4.78, 5) is 30.4. The molecule has 0 saturated heterocycles. The summed E-state index contributed by atoms with van der Waals surface area (Å²) >= 11 is 2.72. The van der Waals surface area contributed by atoms with Crippen molar-refractivity contribution in [3.63, 3.8) is 0 Å². The SMILES string of the molecule is CCNC(=O)CSc1nc2scc(-c3ccccc3)c2c(=O)n1CCOC. The number of methoxy groups -OCH3 is 1. The van der Waals surface area contributed by atoms with Crippen LogP contribution in [-0.2, 0) is 16.1 Å². The number of hydrogen-bond donors (Lipinski definition) is 1. The number of carbonyl (C=O) groups excluding carboxylic acids is 1. The maximum absolute atomic E-state index is 13.2. The quantitative estimate of drug-likeness (QED) is 0.462. The van der Waals surface area contributed by atoms with Gasteiger partial charge in [0, 0.05) is 24.6 Å². The Bertz CT molecular complexity index is 983. The number of hydrogen-bond acceptors (Lipinski definition) is 6. The van der Waals surface area contributed by atoms with Gasteiger partial charge in [-0.2, -0.15) is 0 Å². The lowest BCUT2D eigenvalue weighted by Gasteiger charge is -2.12. The van der Waals surface area contributed by atoms with Crippen LogP contribution in [0.1, 0.15) is 6.92 Å². The molecular weight excluding hydrogens is 382 g/mol. The molecule has 1 amide bonds. The fourth-order valence-electron chi connectivity index (χ4n) is 2.70. The van der Waals surface area contributed by atoms with Gasteiger partial charge in [-0.25, -0.2) is 4.98 Å². The Balaban J connectivity index is 2.06. The van der Waals surface area contributed by atoms with Gasteiger partial charge in [0.1, 0.15) is 4.83 Å². The van der Waals surface area contributed by atoms with Gasteiger partial charge in [-0.05, 0) is 12.5 Å². The van der Waals surface area contributed by atoms with Crippen LogP contribution in [0, 0.1) is 0 Å². The average Bonchev–Trinajstić information content (AvgIpc) is 3.11. The van der Waals surface area contributed by atoms with Crippen LogP contribution in [0.3, 0.4) is 0 Å². The van der Waals surface area contributed by atoms with Crippen molar-refractivity contribution >= 4 is 39.2 Å². The monoisotopic (exact) mass is 403 g/mol. The molecule has 0 saturated carbocycles. The van der Waals surface area contributed by atoms with E-state index in [0.717, 1.165) is 11.1 Å². The van der Waals surface area contributed by atoms with E-state index in [0.29, 0.717) is 35.1 Å². The minimum Gasteiger partial charge on any atom is -0.383 e. The summed E-state index contributed by atoms with van der Waals surface area (Å²) in [6, 6.07) is 9.82. The van der Waals surface area contributed by atoms with Gasteiger partial charge in [0.25, 0.3) is 5.56 Å². The van der Waals surface area contributed by atoms with Crippen molar-refractivity contribution in [2.24, 2.45) is 0 Å². The number of thiophene rings is 1. The first-order valence-corrected chi connectivity index (χ1v) is 10.5. The summed E-state index contributed by atoms with van der Waals surface area (Å²) in [5.41, 5.74) is 1.78. The molecular formula is C19H21N3O3S2. The smallest absolute Gasteiger partial charge is 0.263 e. The summed E-state index contributed by atoms with van der Waals surface area (Å²) in [6.07, 6.45) is 0. The lowest BCUT2D eigenvalue weighted by Crippen LogP contribution is -2.27. The summed E-state index contributed by atoms with van der Waals surface area (Å²) in [5.74, 6) is 0.140. The first-order chi connectivity index (χ1) is 13.2. The maximum Gasteiger partial charge on any atom is 0.263 e. The van der Waals surface area contributed by atoms with Gasteiger partial charge in [0.05, 0.1) is 24.3 Å². The van der Waals surface area contributed by atoms with Crippen LogP contribution in [-0.4, -0.2) is 41.5 Å². The molecule has 6 nitrogen and oxygen atoms in total. The number of nitrogens with zero attached hydrogens (tertiary/aromatic N) is 2. The Labute approximate surface area is 165 Å². The van der Waals surface area contributed by atoms with Crippen molar-refractivity contribution in [2.45, 2.75) is 18.6 Å². The van der Waals surface area contributed by atoms with E-state index in [1.807, 2.05) is 42.6 Å². The molecule has 1 N–H and O–H groups in total. The topological polar surface area (TPSA) is 73.2 Å². The summed E-state index contributed by atoms with van der Waals surface area (Å²) < 4.78 is 6.76. The van der Waals surface area contributed by atoms with Crippen LogP contribution >= 0.6 is 23.1 Å². The van der Waals surface area contributed by atoms with Gasteiger partial charge in [0.2, 0.25) is 5.91 Å². The molecule has 0 unspecified atom stereocenters. The Morgan fingerprint density at radius 1 is 1.33 bits per heavy atom. The Kier molecular flexibility index (Phi) is 6.65. The predicted molar refractivity (Wildman–Crippen MR) is 111 cm³/mol. The second kappa shape index (κ2) is 9.16. The molecule has 0 spiro atoms. The standard InChI is InChI=1S/C19H21N3O3S2/c1-3-20-15(23)12-27-19-21-17-16(18(24)22(19)9-10-25-2)14(11-26-17)13-7-5-4-6-8-13/h4-8,11H,3,9-10,12H2,1-2H3,(H,20,23). The van der Waals surface area contributed by atoms with E-state index in [-0.39, 0.29) is 17.2 Å². The molecule has 2 aromatic heterocycles. The highest BCUT2D eigenvalue weighted by Crippen LogP contribution is 2.32. The maximum atomic E-state index is 13.2. The first-order valence-electron chi connectivity index (χ1n) is 8.61. The zero-order chi connectivity index (χ0) is 19.2. The number of ether oxygens (including phenoxy) is 1. The first kappa shape index (κ1) is 19.6. The number of carbonyl (C=O) groups is 1. The van der Waals surface area contributed by atoms with Gasteiger partial charge in [-0.1, -0.05) is 42.1 Å². The molecule has 0 aliphatic carbocycles. The number of fused-ring (bicyclic) bond motifs is 1. The Hall–Kier alpha value is -2.16. The number of amides is 1. The molecule has 0 aliphatic rings. The molecule has 142 valence electrons.